The van der Waals surface area contributed by atoms with E-state index < -0.39 is 0 Å². The first kappa shape index (κ1) is 15.0. The van der Waals surface area contributed by atoms with Gasteiger partial charge in [-0.2, -0.15) is 5.10 Å². The van der Waals surface area contributed by atoms with Crippen LogP contribution >= 0.6 is 0 Å². The topological polar surface area (TPSA) is 48.3 Å². The molecule has 0 amide bonds. The number of rotatable bonds is 4. The number of furan rings is 1. The molecule has 0 radical (unpaired) electrons. The molecule has 1 atom stereocenters. The Morgan fingerprint density at radius 2 is 2.09 bits per heavy atom. The molecule has 4 heterocycles. The van der Waals surface area contributed by atoms with Crippen molar-refractivity contribution in [1.82, 2.24) is 20.0 Å². The molecule has 0 spiro atoms. The molecule has 0 aliphatic carbocycles. The number of aromatic amines is 1. The predicted octanol–water partition coefficient (Wildman–Crippen LogP) is 2.85. The van der Waals surface area contributed by atoms with E-state index in [0.717, 1.165) is 18.3 Å². The SMILES string of the molecule is c1coc(CN2CCC(N3CCC[C@@H](c4ccn[nH]4)C3)CC2)c1. The zero-order valence-corrected chi connectivity index (χ0v) is 13.7. The zero-order valence-electron chi connectivity index (χ0n) is 13.7. The minimum absolute atomic E-state index is 0.632. The van der Waals surface area contributed by atoms with Gasteiger partial charge in [-0.1, -0.05) is 0 Å². The van der Waals surface area contributed by atoms with Crippen LogP contribution in [0.25, 0.3) is 0 Å². The van der Waals surface area contributed by atoms with Crippen LogP contribution in [0.3, 0.4) is 0 Å². The molecule has 2 aliphatic heterocycles. The molecule has 1 N–H and O–H groups in total. The van der Waals surface area contributed by atoms with Crippen molar-refractivity contribution in [1.29, 1.82) is 0 Å². The number of aromatic nitrogens is 2. The molecule has 0 unspecified atom stereocenters. The third-order valence-corrected chi connectivity index (χ3v) is 5.45. The van der Waals surface area contributed by atoms with Crippen molar-refractivity contribution in [2.75, 3.05) is 26.2 Å². The van der Waals surface area contributed by atoms with Crippen molar-refractivity contribution < 1.29 is 4.42 Å². The molecule has 2 fully saturated rings. The lowest BCUT2D eigenvalue weighted by Gasteiger charge is -2.42. The van der Waals surface area contributed by atoms with Crippen LogP contribution in [0.2, 0.25) is 0 Å². The molecular formula is C18H26N4O. The second-order valence-electron chi connectivity index (χ2n) is 6.93. The van der Waals surface area contributed by atoms with E-state index in [1.54, 1.807) is 6.26 Å². The van der Waals surface area contributed by atoms with Crippen LogP contribution in [0.4, 0.5) is 0 Å². The van der Waals surface area contributed by atoms with E-state index in [1.807, 2.05) is 12.3 Å². The smallest absolute Gasteiger partial charge is 0.117 e. The second kappa shape index (κ2) is 6.89. The lowest BCUT2D eigenvalue weighted by atomic mass is 9.92. The normalized spacial score (nSPS) is 25.0. The highest BCUT2D eigenvalue weighted by Gasteiger charge is 2.29. The summed E-state index contributed by atoms with van der Waals surface area (Å²) in [7, 11) is 0. The maximum atomic E-state index is 5.47. The van der Waals surface area contributed by atoms with E-state index in [1.165, 1.54) is 57.6 Å². The highest BCUT2D eigenvalue weighted by atomic mass is 16.3. The molecular weight excluding hydrogens is 288 g/mol. The maximum Gasteiger partial charge on any atom is 0.117 e. The number of hydrogen-bond donors (Lipinski definition) is 1. The predicted molar refractivity (Wildman–Crippen MR) is 89.1 cm³/mol. The molecule has 4 rings (SSSR count). The highest BCUT2D eigenvalue weighted by Crippen LogP contribution is 2.29. The van der Waals surface area contributed by atoms with Gasteiger partial charge in [-0.05, 0) is 50.4 Å². The van der Waals surface area contributed by atoms with Gasteiger partial charge in [-0.15, -0.1) is 0 Å². The standard InChI is InChI=1S/C18H26N4O/c1-3-15(18-5-8-19-20-18)13-22(9-1)16-6-10-21(11-7-16)14-17-4-2-12-23-17/h2,4-5,8,12,15-16H,1,3,6-7,9-11,13-14H2,(H,19,20)/t15-/m1/s1. The summed E-state index contributed by atoms with van der Waals surface area (Å²) >= 11 is 0. The van der Waals surface area contributed by atoms with Crippen LogP contribution in [-0.2, 0) is 6.54 Å². The third kappa shape index (κ3) is 3.51. The molecule has 2 aromatic rings. The fourth-order valence-corrected chi connectivity index (χ4v) is 4.15. The first-order valence-corrected chi connectivity index (χ1v) is 8.86. The summed E-state index contributed by atoms with van der Waals surface area (Å²) in [6.07, 6.45) is 8.78. The molecule has 2 aliphatic rings. The van der Waals surface area contributed by atoms with Gasteiger partial charge in [0.25, 0.3) is 0 Å². The molecule has 124 valence electrons. The Morgan fingerprint density at radius 1 is 1.17 bits per heavy atom. The minimum atomic E-state index is 0.632. The molecule has 5 nitrogen and oxygen atoms in total. The highest BCUT2D eigenvalue weighted by molar-refractivity contribution is 5.08. The molecule has 23 heavy (non-hydrogen) atoms. The number of hydrogen-bond acceptors (Lipinski definition) is 4. The van der Waals surface area contributed by atoms with Crippen molar-refractivity contribution in [3.8, 4) is 0 Å². The lowest BCUT2D eigenvalue weighted by molar-refractivity contribution is 0.0791. The van der Waals surface area contributed by atoms with E-state index in [4.69, 9.17) is 4.42 Å². The Kier molecular flexibility index (Phi) is 4.48. The summed E-state index contributed by atoms with van der Waals surface area (Å²) in [5.74, 6) is 1.72. The first-order chi connectivity index (χ1) is 11.4. The third-order valence-electron chi connectivity index (χ3n) is 5.45. The summed E-state index contributed by atoms with van der Waals surface area (Å²) in [4.78, 5) is 5.24. The van der Waals surface area contributed by atoms with Crippen LogP contribution < -0.4 is 0 Å². The zero-order chi connectivity index (χ0) is 15.5. The van der Waals surface area contributed by atoms with Gasteiger partial charge >= 0.3 is 0 Å². The Labute approximate surface area is 137 Å². The van der Waals surface area contributed by atoms with E-state index in [-0.39, 0.29) is 0 Å². The van der Waals surface area contributed by atoms with Crippen molar-refractivity contribution in [3.63, 3.8) is 0 Å². The van der Waals surface area contributed by atoms with Crippen LogP contribution in [0.1, 0.15) is 43.1 Å². The van der Waals surface area contributed by atoms with E-state index in [0.29, 0.717) is 5.92 Å². The monoisotopic (exact) mass is 314 g/mol. The molecule has 2 saturated heterocycles. The average molecular weight is 314 g/mol. The molecule has 0 aromatic carbocycles. The number of nitrogens with one attached hydrogen (secondary N) is 1. The van der Waals surface area contributed by atoms with Crippen LogP contribution in [0.5, 0.6) is 0 Å². The summed E-state index contributed by atoms with van der Waals surface area (Å²) in [6.45, 7) is 5.75. The Balaban J connectivity index is 1.29. The van der Waals surface area contributed by atoms with Gasteiger partial charge in [-0.3, -0.25) is 14.9 Å². The fourth-order valence-electron chi connectivity index (χ4n) is 4.15. The van der Waals surface area contributed by atoms with Gasteiger partial charge in [0.2, 0.25) is 0 Å². The Bertz CT molecular complexity index is 572. The minimum Gasteiger partial charge on any atom is -0.468 e. The van der Waals surface area contributed by atoms with Crippen molar-refractivity contribution in [2.24, 2.45) is 0 Å². The van der Waals surface area contributed by atoms with Gasteiger partial charge in [0, 0.05) is 43.5 Å². The quantitative estimate of drug-likeness (QED) is 0.943. The maximum absolute atomic E-state index is 5.47. The van der Waals surface area contributed by atoms with E-state index >= 15 is 0 Å². The van der Waals surface area contributed by atoms with E-state index in [9.17, 15) is 0 Å². The van der Waals surface area contributed by atoms with E-state index in [2.05, 4.69) is 32.1 Å². The fraction of sp³-hybridized carbons (Fsp3) is 0.611. The van der Waals surface area contributed by atoms with Crippen LogP contribution in [-0.4, -0.2) is 52.2 Å². The molecule has 2 aromatic heterocycles. The van der Waals surface area contributed by atoms with Gasteiger partial charge < -0.3 is 4.42 Å². The molecule has 0 saturated carbocycles. The largest absolute Gasteiger partial charge is 0.468 e. The summed E-state index contributed by atoms with van der Waals surface area (Å²) in [6, 6.07) is 6.94. The van der Waals surface area contributed by atoms with Crippen molar-refractivity contribution >= 4 is 0 Å². The van der Waals surface area contributed by atoms with Gasteiger partial charge in [0.15, 0.2) is 0 Å². The first-order valence-electron chi connectivity index (χ1n) is 8.86. The van der Waals surface area contributed by atoms with Crippen LogP contribution in [0.15, 0.2) is 35.1 Å². The van der Waals surface area contributed by atoms with Gasteiger partial charge in [-0.25, -0.2) is 0 Å². The van der Waals surface area contributed by atoms with Crippen molar-refractivity contribution in [2.45, 2.75) is 44.2 Å². The molecule has 0 bridgehead atoms. The second-order valence-corrected chi connectivity index (χ2v) is 6.93. The summed E-state index contributed by atoms with van der Waals surface area (Å²) in [5.41, 5.74) is 1.31. The summed E-state index contributed by atoms with van der Waals surface area (Å²) < 4.78 is 5.47. The number of H-pyrrole nitrogens is 1. The van der Waals surface area contributed by atoms with Crippen LogP contribution in [0, 0.1) is 0 Å². The van der Waals surface area contributed by atoms with Crippen molar-refractivity contribution in [3.05, 3.63) is 42.1 Å². The lowest BCUT2D eigenvalue weighted by Crippen LogP contribution is -2.47. The Morgan fingerprint density at radius 3 is 2.83 bits per heavy atom. The molecule has 5 heteroatoms. The average Bonchev–Trinajstić information content (AvgIpc) is 3.29. The number of piperidine rings is 2. The summed E-state index contributed by atoms with van der Waals surface area (Å²) in [5, 5.41) is 7.29. The van der Waals surface area contributed by atoms with Gasteiger partial charge in [0.1, 0.15) is 5.76 Å². The van der Waals surface area contributed by atoms with Gasteiger partial charge in [0.05, 0.1) is 12.8 Å². The Hall–Kier alpha value is -1.59. The number of likely N-dealkylation sites (tertiary alicyclic amines) is 2. The number of nitrogens with zero attached hydrogens (tertiary/aromatic N) is 3.